The van der Waals surface area contributed by atoms with Crippen LogP contribution < -0.4 is 5.32 Å². The van der Waals surface area contributed by atoms with Gasteiger partial charge in [-0.3, -0.25) is 9.88 Å². The van der Waals surface area contributed by atoms with Crippen LogP contribution in [0.1, 0.15) is 19.4 Å². The summed E-state index contributed by atoms with van der Waals surface area (Å²) in [6.45, 7) is 7.78. The predicted octanol–water partition coefficient (Wildman–Crippen LogP) is 2.42. The van der Waals surface area contributed by atoms with Crippen molar-refractivity contribution in [1.82, 2.24) is 15.2 Å². The van der Waals surface area contributed by atoms with Crippen LogP contribution in [-0.2, 0) is 6.54 Å². The molecule has 0 saturated carbocycles. The lowest BCUT2D eigenvalue weighted by Crippen LogP contribution is -2.54. The molecular weight excluding hydrogens is 234 g/mol. The number of hydrogen-bond donors (Lipinski definition) is 1. The van der Waals surface area contributed by atoms with Gasteiger partial charge in [-0.15, -0.1) is 0 Å². The highest BCUT2D eigenvalue weighted by atomic mass is 15.2. The Morgan fingerprint density at radius 3 is 2.79 bits per heavy atom. The van der Waals surface area contributed by atoms with Gasteiger partial charge in [-0.1, -0.05) is 12.1 Å². The first kappa shape index (κ1) is 12.6. The predicted molar refractivity (Wildman–Crippen MR) is 79.1 cm³/mol. The summed E-state index contributed by atoms with van der Waals surface area (Å²) < 4.78 is 0. The van der Waals surface area contributed by atoms with E-state index in [4.69, 9.17) is 0 Å². The van der Waals surface area contributed by atoms with E-state index >= 15 is 0 Å². The maximum absolute atomic E-state index is 4.38. The Morgan fingerprint density at radius 2 is 2.00 bits per heavy atom. The number of nitrogens with one attached hydrogen (secondary N) is 1. The van der Waals surface area contributed by atoms with E-state index in [1.54, 1.807) is 0 Å². The molecule has 0 aliphatic carbocycles. The molecule has 0 spiro atoms. The molecule has 1 fully saturated rings. The fraction of sp³-hybridized carbons (Fsp3) is 0.438. The first-order valence-corrected chi connectivity index (χ1v) is 7.04. The molecule has 1 aliphatic heterocycles. The third-order valence-electron chi connectivity index (χ3n) is 4.04. The van der Waals surface area contributed by atoms with Gasteiger partial charge in [-0.2, -0.15) is 0 Å². The standard InChI is InChI=1S/C16H21N3/c1-12-9-17-10-13(2)19(12)11-14-5-6-16-15(8-14)4-3-7-18-16/h3-8,12-13,17H,9-11H2,1-2H3. The van der Waals surface area contributed by atoms with E-state index in [2.05, 4.69) is 53.3 Å². The zero-order chi connectivity index (χ0) is 13.2. The van der Waals surface area contributed by atoms with E-state index in [1.165, 1.54) is 10.9 Å². The molecule has 1 saturated heterocycles. The van der Waals surface area contributed by atoms with E-state index in [1.807, 2.05) is 12.3 Å². The largest absolute Gasteiger partial charge is 0.314 e. The molecule has 1 aliphatic rings. The molecular formula is C16H21N3. The summed E-state index contributed by atoms with van der Waals surface area (Å²) in [5.74, 6) is 0. The molecule has 1 aromatic carbocycles. The van der Waals surface area contributed by atoms with Crippen molar-refractivity contribution in [3.8, 4) is 0 Å². The average molecular weight is 255 g/mol. The first-order valence-electron chi connectivity index (χ1n) is 7.04. The topological polar surface area (TPSA) is 28.2 Å². The van der Waals surface area contributed by atoms with Gasteiger partial charge < -0.3 is 5.32 Å². The lowest BCUT2D eigenvalue weighted by atomic mass is 10.1. The van der Waals surface area contributed by atoms with Crippen molar-refractivity contribution < 1.29 is 0 Å². The van der Waals surface area contributed by atoms with Gasteiger partial charge in [0.2, 0.25) is 0 Å². The highest BCUT2D eigenvalue weighted by molar-refractivity contribution is 5.78. The van der Waals surface area contributed by atoms with E-state index in [0.717, 1.165) is 25.2 Å². The van der Waals surface area contributed by atoms with Crippen LogP contribution in [0.15, 0.2) is 36.5 Å². The minimum Gasteiger partial charge on any atom is -0.314 e. The van der Waals surface area contributed by atoms with Crippen LogP contribution >= 0.6 is 0 Å². The van der Waals surface area contributed by atoms with Crippen molar-refractivity contribution in [2.75, 3.05) is 13.1 Å². The van der Waals surface area contributed by atoms with Gasteiger partial charge in [0.05, 0.1) is 5.52 Å². The Kier molecular flexibility index (Phi) is 3.49. The van der Waals surface area contributed by atoms with Gasteiger partial charge in [-0.25, -0.2) is 0 Å². The fourth-order valence-electron chi connectivity index (χ4n) is 2.92. The summed E-state index contributed by atoms with van der Waals surface area (Å²) >= 11 is 0. The molecule has 1 aromatic heterocycles. The van der Waals surface area contributed by atoms with Crippen molar-refractivity contribution >= 4 is 10.9 Å². The van der Waals surface area contributed by atoms with Gasteiger partial charge in [0, 0.05) is 43.3 Å². The highest BCUT2D eigenvalue weighted by Crippen LogP contribution is 2.18. The Hall–Kier alpha value is -1.45. The Bertz CT molecular complexity index is 557. The highest BCUT2D eigenvalue weighted by Gasteiger charge is 2.24. The van der Waals surface area contributed by atoms with E-state index < -0.39 is 0 Å². The van der Waals surface area contributed by atoms with Gasteiger partial charge in [-0.05, 0) is 37.6 Å². The summed E-state index contributed by atoms with van der Waals surface area (Å²) in [4.78, 5) is 6.95. The number of piperazine rings is 1. The second kappa shape index (κ2) is 5.27. The Morgan fingerprint density at radius 1 is 1.21 bits per heavy atom. The number of pyridine rings is 1. The van der Waals surface area contributed by atoms with Crippen LogP contribution in [0.4, 0.5) is 0 Å². The first-order chi connectivity index (χ1) is 9.24. The SMILES string of the molecule is CC1CNCC(C)N1Cc1ccc2ncccc2c1. The zero-order valence-corrected chi connectivity index (χ0v) is 11.6. The third-order valence-corrected chi connectivity index (χ3v) is 4.04. The number of benzene rings is 1. The number of nitrogens with zero attached hydrogens (tertiary/aromatic N) is 2. The number of hydrogen-bond acceptors (Lipinski definition) is 3. The summed E-state index contributed by atoms with van der Waals surface area (Å²) in [5, 5.41) is 4.71. The summed E-state index contributed by atoms with van der Waals surface area (Å²) in [7, 11) is 0. The molecule has 3 nitrogen and oxygen atoms in total. The number of rotatable bonds is 2. The molecule has 3 heteroatoms. The molecule has 19 heavy (non-hydrogen) atoms. The van der Waals surface area contributed by atoms with Crippen LogP contribution in [0.5, 0.6) is 0 Å². The molecule has 0 bridgehead atoms. The molecule has 100 valence electrons. The summed E-state index contributed by atoms with van der Waals surface area (Å²) in [5.41, 5.74) is 2.45. The third kappa shape index (κ3) is 2.62. The van der Waals surface area contributed by atoms with Crippen molar-refractivity contribution in [3.05, 3.63) is 42.1 Å². The van der Waals surface area contributed by atoms with Gasteiger partial charge in [0.1, 0.15) is 0 Å². The Labute approximate surface area is 114 Å². The van der Waals surface area contributed by atoms with E-state index in [0.29, 0.717) is 12.1 Å². The van der Waals surface area contributed by atoms with Crippen LogP contribution in [0, 0.1) is 0 Å². The molecule has 2 aromatic rings. The van der Waals surface area contributed by atoms with Gasteiger partial charge in [0.25, 0.3) is 0 Å². The maximum Gasteiger partial charge on any atom is 0.0702 e. The minimum absolute atomic E-state index is 0.591. The van der Waals surface area contributed by atoms with E-state index in [9.17, 15) is 0 Å². The Balaban J connectivity index is 1.84. The van der Waals surface area contributed by atoms with E-state index in [-0.39, 0.29) is 0 Å². The zero-order valence-electron chi connectivity index (χ0n) is 11.6. The van der Waals surface area contributed by atoms with Crippen molar-refractivity contribution in [3.63, 3.8) is 0 Å². The smallest absolute Gasteiger partial charge is 0.0702 e. The van der Waals surface area contributed by atoms with Gasteiger partial charge in [0.15, 0.2) is 0 Å². The summed E-state index contributed by atoms with van der Waals surface area (Å²) in [6.07, 6.45) is 1.85. The molecule has 2 heterocycles. The second-order valence-electron chi connectivity index (χ2n) is 5.56. The monoisotopic (exact) mass is 255 g/mol. The van der Waals surface area contributed by atoms with Crippen molar-refractivity contribution in [2.24, 2.45) is 0 Å². The fourth-order valence-corrected chi connectivity index (χ4v) is 2.92. The van der Waals surface area contributed by atoms with Gasteiger partial charge >= 0.3 is 0 Å². The molecule has 1 N–H and O–H groups in total. The molecule has 2 unspecified atom stereocenters. The molecule has 2 atom stereocenters. The molecule has 0 radical (unpaired) electrons. The minimum atomic E-state index is 0.591. The number of aromatic nitrogens is 1. The second-order valence-corrected chi connectivity index (χ2v) is 5.56. The van der Waals surface area contributed by atoms with Crippen LogP contribution in [0.2, 0.25) is 0 Å². The number of fused-ring (bicyclic) bond motifs is 1. The average Bonchev–Trinajstić information content (AvgIpc) is 2.43. The lowest BCUT2D eigenvalue weighted by Gasteiger charge is -2.39. The van der Waals surface area contributed by atoms with Crippen molar-refractivity contribution in [1.29, 1.82) is 0 Å². The summed E-state index contributed by atoms with van der Waals surface area (Å²) in [6, 6.07) is 11.9. The molecule has 0 amide bonds. The quantitative estimate of drug-likeness (QED) is 0.893. The van der Waals surface area contributed by atoms with Crippen molar-refractivity contribution in [2.45, 2.75) is 32.5 Å². The maximum atomic E-state index is 4.38. The van der Waals surface area contributed by atoms with Crippen LogP contribution in [-0.4, -0.2) is 35.1 Å². The molecule has 3 rings (SSSR count). The van der Waals surface area contributed by atoms with Crippen LogP contribution in [0.3, 0.4) is 0 Å². The van der Waals surface area contributed by atoms with Crippen LogP contribution in [0.25, 0.3) is 10.9 Å². The normalized spacial score (nSPS) is 24.7. The lowest BCUT2D eigenvalue weighted by molar-refractivity contribution is 0.109.